The standard InChI is InChI=1S/C11H15ClN2O/c1-8-5-13-6-10(11(8)12)15-7-9-3-2-4-14-9/h5-6,9,14H,2-4,7H2,1H3/t9-/m0/s1. The molecule has 4 heteroatoms. The third-order valence-electron chi connectivity index (χ3n) is 2.62. The molecular formula is C11H15ClN2O. The zero-order valence-corrected chi connectivity index (χ0v) is 9.55. The lowest BCUT2D eigenvalue weighted by atomic mass is 10.2. The number of ether oxygens (including phenoxy) is 1. The lowest BCUT2D eigenvalue weighted by Crippen LogP contribution is -2.28. The molecule has 0 amide bonds. The molecule has 0 aliphatic carbocycles. The maximum atomic E-state index is 6.09. The molecule has 15 heavy (non-hydrogen) atoms. The number of aryl methyl sites for hydroxylation is 1. The molecule has 0 radical (unpaired) electrons. The van der Waals surface area contributed by atoms with Crippen LogP contribution in [0.2, 0.25) is 5.02 Å². The second-order valence-electron chi connectivity index (χ2n) is 3.87. The highest BCUT2D eigenvalue weighted by atomic mass is 35.5. The van der Waals surface area contributed by atoms with E-state index in [4.69, 9.17) is 16.3 Å². The molecule has 0 bridgehead atoms. The van der Waals surface area contributed by atoms with Crippen LogP contribution in [0.1, 0.15) is 18.4 Å². The lowest BCUT2D eigenvalue weighted by molar-refractivity contribution is 0.276. The lowest BCUT2D eigenvalue weighted by Gasteiger charge is -2.13. The molecule has 1 fully saturated rings. The molecule has 1 N–H and O–H groups in total. The molecular weight excluding hydrogens is 212 g/mol. The molecule has 1 atom stereocenters. The third kappa shape index (κ3) is 2.61. The van der Waals surface area contributed by atoms with Gasteiger partial charge >= 0.3 is 0 Å². The van der Waals surface area contributed by atoms with E-state index in [1.54, 1.807) is 12.4 Å². The first-order chi connectivity index (χ1) is 7.27. The number of aromatic nitrogens is 1. The summed E-state index contributed by atoms with van der Waals surface area (Å²) in [6, 6.07) is 0.460. The van der Waals surface area contributed by atoms with Gasteiger partial charge in [-0.05, 0) is 31.9 Å². The molecule has 0 saturated carbocycles. The molecule has 0 spiro atoms. The van der Waals surface area contributed by atoms with Gasteiger partial charge in [0.2, 0.25) is 0 Å². The Morgan fingerprint density at radius 3 is 3.20 bits per heavy atom. The summed E-state index contributed by atoms with van der Waals surface area (Å²) in [5.41, 5.74) is 0.952. The Balaban J connectivity index is 1.95. The van der Waals surface area contributed by atoms with Gasteiger partial charge in [-0.3, -0.25) is 4.98 Å². The van der Waals surface area contributed by atoms with Gasteiger partial charge in [-0.25, -0.2) is 0 Å². The van der Waals surface area contributed by atoms with Gasteiger partial charge < -0.3 is 10.1 Å². The summed E-state index contributed by atoms with van der Waals surface area (Å²) in [6.07, 6.45) is 5.82. The monoisotopic (exact) mass is 226 g/mol. The van der Waals surface area contributed by atoms with Crippen LogP contribution in [-0.2, 0) is 0 Å². The Labute approximate surface area is 94.8 Å². The zero-order chi connectivity index (χ0) is 10.7. The fourth-order valence-electron chi connectivity index (χ4n) is 1.71. The first kappa shape index (κ1) is 10.7. The number of rotatable bonds is 3. The van der Waals surface area contributed by atoms with Crippen LogP contribution >= 0.6 is 11.6 Å². The molecule has 3 nitrogen and oxygen atoms in total. The minimum absolute atomic E-state index is 0.460. The smallest absolute Gasteiger partial charge is 0.156 e. The van der Waals surface area contributed by atoms with Crippen molar-refractivity contribution < 1.29 is 4.74 Å². The topological polar surface area (TPSA) is 34.1 Å². The van der Waals surface area contributed by atoms with Crippen LogP contribution in [-0.4, -0.2) is 24.2 Å². The van der Waals surface area contributed by atoms with Crippen molar-refractivity contribution >= 4 is 11.6 Å². The van der Waals surface area contributed by atoms with Gasteiger partial charge in [0.1, 0.15) is 6.61 Å². The normalized spacial score (nSPS) is 20.5. The zero-order valence-electron chi connectivity index (χ0n) is 8.79. The predicted octanol–water partition coefficient (Wildman–Crippen LogP) is 2.17. The average Bonchev–Trinajstić information content (AvgIpc) is 2.73. The number of pyridine rings is 1. The van der Waals surface area contributed by atoms with Crippen molar-refractivity contribution in [3.05, 3.63) is 23.0 Å². The van der Waals surface area contributed by atoms with Crippen molar-refractivity contribution in [3.8, 4) is 5.75 Å². The maximum Gasteiger partial charge on any atom is 0.156 e. The summed E-state index contributed by atoms with van der Waals surface area (Å²) in [4.78, 5) is 4.06. The number of hydrogen-bond acceptors (Lipinski definition) is 3. The van der Waals surface area contributed by atoms with Crippen LogP contribution in [0.25, 0.3) is 0 Å². The van der Waals surface area contributed by atoms with Crippen molar-refractivity contribution in [2.75, 3.05) is 13.2 Å². The van der Waals surface area contributed by atoms with Gasteiger partial charge in [0.05, 0.1) is 11.2 Å². The highest BCUT2D eigenvalue weighted by molar-refractivity contribution is 6.32. The summed E-state index contributed by atoms with van der Waals surface area (Å²) < 4.78 is 5.64. The van der Waals surface area contributed by atoms with E-state index in [-0.39, 0.29) is 0 Å². The quantitative estimate of drug-likeness (QED) is 0.858. The summed E-state index contributed by atoms with van der Waals surface area (Å²) in [5.74, 6) is 0.686. The van der Waals surface area contributed by atoms with Crippen molar-refractivity contribution in [1.82, 2.24) is 10.3 Å². The largest absolute Gasteiger partial charge is 0.489 e. The molecule has 82 valence electrons. The Morgan fingerprint density at radius 2 is 2.47 bits per heavy atom. The fraction of sp³-hybridized carbons (Fsp3) is 0.545. The molecule has 0 unspecified atom stereocenters. The second kappa shape index (κ2) is 4.81. The predicted molar refractivity (Wildman–Crippen MR) is 60.5 cm³/mol. The van der Waals surface area contributed by atoms with Gasteiger partial charge in [0.15, 0.2) is 5.75 Å². The van der Waals surface area contributed by atoms with Crippen molar-refractivity contribution in [2.24, 2.45) is 0 Å². The molecule has 1 aromatic rings. The minimum atomic E-state index is 0.460. The summed E-state index contributed by atoms with van der Waals surface area (Å²) in [5, 5.41) is 4.04. The third-order valence-corrected chi connectivity index (χ3v) is 3.11. The first-order valence-electron chi connectivity index (χ1n) is 5.23. The van der Waals surface area contributed by atoms with Gasteiger partial charge in [0, 0.05) is 12.2 Å². The van der Waals surface area contributed by atoms with Crippen LogP contribution in [0.5, 0.6) is 5.75 Å². The van der Waals surface area contributed by atoms with Crippen LogP contribution < -0.4 is 10.1 Å². The molecule has 1 aliphatic rings. The Kier molecular flexibility index (Phi) is 3.44. The number of hydrogen-bond donors (Lipinski definition) is 1. The van der Waals surface area contributed by atoms with E-state index in [2.05, 4.69) is 10.3 Å². The maximum absolute atomic E-state index is 6.09. The van der Waals surface area contributed by atoms with E-state index in [9.17, 15) is 0 Å². The van der Waals surface area contributed by atoms with Crippen LogP contribution in [0, 0.1) is 6.92 Å². The molecule has 1 aromatic heterocycles. The van der Waals surface area contributed by atoms with Gasteiger partial charge in [-0.2, -0.15) is 0 Å². The molecule has 1 saturated heterocycles. The highest BCUT2D eigenvalue weighted by Gasteiger charge is 2.15. The van der Waals surface area contributed by atoms with E-state index in [0.717, 1.165) is 12.1 Å². The van der Waals surface area contributed by atoms with E-state index in [1.807, 2.05) is 6.92 Å². The van der Waals surface area contributed by atoms with Gasteiger partial charge in [0.25, 0.3) is 0 Å². The SMILES string of the molecule is Cc1cncc(OC[C@@H]2CCCN2)c1Cl. The van der Waals surface area contributed by atoms with Crippen LogP contribution in [0.3, 0.4) is 0 Å². The van der Waals surface area contributed by atoms with Crippen LogP contribution in [0.4, 0.5) is 0 Å². The van der Waals surface area contributed by atoms with Gasteiger partial charge in [-0.1, -0.05) is 11.6 Å². The van der Waals surface area contributed by atoms with Crippen molar-refractivity contribution in [2.45, 2.75) is 25.8 Å². The molecule has 2 rings (SSSR count). The molecule has 1 aliphatic heterocycles. The number of nitrogens with one attached hydrogen (secondary N) is 1. The Morgan fingerprint density at radius 1 is 1.60 bits per heavy atom. The number of nitrogens with zero attached hydrogens (tertiary/aromatic N) is 1. The van der Waals surface area contributed by atoms with Crippen molar-refractivity contribution in [3.63, 3.8) is 0 Å². The second-order valence-corrected chi connectivity index (χ2v) is 4.25. The van der Waals surface area contributed by atoms with E-state index in [1.165, 1.54) is 12.8 Å². The van der Waals surface area contributed by atoms with Crippen LogP contribution in [0.15, 0.2) is 12.4 Å². The summed E-state index contributed by atoms with van der Waals surface area (Å²) >= 11 is 6.09. The van der Waals surface area contributed by atoms with Gasteiger partial charge in [-0.15, -0.1) is 0 Å². The van der Waals surface area contributed by atoms with E-state index >= 15 is 0 Å². The highest BCUT2D eigenvalue weighted by Crippen LogP contribution is 2.26. The fourth-order valence-corrected chi connectivity index (χ4v) is 1.87. The summed E-state index contributed by atoms with van der Waals surface area (Å²) in [6.45, 7) is 3.69. The average molecular weight is 227 g/mol. The van der Waals surface area contributed by atoms with E-state index < -0.39 is 0 Å². The summed E-state index contributed by atoms with van der Waals surface area (Å²) in [7, 11) is 0. The van der Waals surface area contributed by atoms with Crippen molar-refractivity contribution in [1.29, 1.82) is 0 Å². The van der Waals surface area contributed by atoms with E-state index in [0.29, 0.717) is 23.4 Å². The Hall–Kier alpha value is -0.800. The first-order valence-corrected chi connectivity index (χ1v) is 5.61. The molecule has 2 heterocycles. The number of halogens is 1. The Bertz CT molecular complexity index is 337. The molecule has 0 aromatic carbocycles. The minimum Gasteiger partial charge on any atom is -0.489 e.